The fraction of sp³-hybridized carbons (Fsp3) is 0.353. The van der Waals surface area contributed by atoms with E-state index in [2.05, 4.69) is 44.2 Å². The fourth-order valence-electron chi connectivity index (χ4n) is 2.97. The summed E-state index contributed by atoms with van der Waals surface area (Å²) in [6, 6.07) is 4.15. The first-order valence-electron chi connectivity index (χ1n) is 7.75. The summed E-state index contributed by atoms with van der Waals surface area (Å²) in [6.45, 7) is 3.36. The van der Waals surface area contributed by atoms with Gasteiger partial charge in [-0.1, -0.05) is 12.2 Å². The molecule has 0 spiro atoms. The first kappa shape index (κ1) is 15.1. The minimum Gasteiger partial charge on any atom is -0.378 e. The Morgan fingerprint density at radius 3 is 2.83 bits per heavy atom. The number of hydrogen-bond donors (Lipinski definition) is 0. The number of morpholine rings is 1. The molecule has 4 rings (SSSR count). The molecule has 4 nitrogen and oxygen atoms in total. The fourth-order valence-corrected chi connectivity index (χ4v) is 3.79. The van der Waals surface area contributed by atoms with Gasteiger partial charge in [0.2, 0.25) is 0 Å². The average Bonchev–Trinajstić information content (AvgIpc) is 2.93. The van der Waals surface area contributed by atoms with Crippen molar-refractivity contribution in [2.45, 2.75) is 12.6 Å². The number of pyridine rings is 1. The lowest BCUT2D eigenvalue weighted by Crippen LogP contribution is -2.36. The zero-order valence-corrected chi connectivity index (χ0v) is 14.7. The van der Waals surface area contributed by atoms with Crippen LogP contribution in [0.1, 0.15) is 12.1 Å². The van der Waals surface area contributed by atoms with Crippen molar-refractivity contribution in [3.63, 3.8) is 0 Å². The van der Waals surface area contributed by atoms with Crippen molar-refractivity contribution in [1.82, 2.24) is 9.38 Å². The van der Waals surface area contributed by atoms with Crippen molar-refractivity contribution in [3.8, 4) is 0 Å². The molecule has 1 fully saturated rings. The Labute approximate surface area is 147 Å². The highest BCUT2D eigenvalue weighted by molar-refractivity contribution is 14.1. The Bertz CT molecular complexity index is 792. The molecule has 3 heterocycles. The zero-order chi connectivity index (χ0) is 15.8. The average molecular weight is 425 g/mol. The van der Waals surface area contributed by atoms with Gasteiger partial charge >= 0.3 is 0 Å². The highest BCUT2D eigenvalue weighted by atomic mass is 127. The van der Waals surface area contributed by atoms with Crippen molar-refractivity contribution < 1.29 is 9.13 Å². The predicted molar refractivity (Wildman–Crippen MR) is 97.6 cm³/mol. The van der Waals surface area contributed by atoms with Crippen LogP contribution in [0.5, 0.6) is 0 Å². The molecule has 0 bridgehead atoms. The van der Waals surface area contributed by atoms with Gasteiger partial charge in [-0.05, 0) is 46.4 Å². The van der Waals surface area contributed by atoms with Crippen molar-refractivity contribution in [2.75, 3.05) is 31.2 Å². The molecule has 1 unspecified atom stereocenters. The summed E-state index contributed by atoms with van der Waals surface area (Å²) in [5, 5.41) is 0. The molecule has 0 N–H and O–H groups in total. The zero-order valence-electron chi connectivity index (χ0n) is 12.6. The summed E-state index contributed by atoms with van der Waals surface area (Å²) in [4.78, 5) is 7.04. The van der Waals surface area contributed by atoms with Gasteiger partial charge in [0, 0.05) is 25.7 Å². The molecule has 0 saturated carbocycles. The first-order valence-corrected chi connectivity index (χ1v) is 8.83. The highest BCUT2D eigenvalue weighted by Gasteiger charge is 2.17. The molecule has 0 radical (unpaired) electrons. The van der Waals surface area contributed by atoms with Crippen LogP contribution in [0.3, 0.4) is 0 Å². The number of nitrogens with zero attached hydrogens (tertiary/aromatic N) is 3. The molecule has 1 saturated heterocycles. The molecule has 0 amide bonds. The largest absolute Gasteiger partial charge is 0.378 e. The summed E-state index contributed by atoms with van der Waals surface area (Å²) >= 11 is 2.32. The van der Waals surface area contributed by atoms with Crippen LogP contribution >= 0.6 is 22.6 Å². The van der Waals surface area contributed by atoms with Crippen molar-refractivity contribution in [3.05, 3.63) is 46.0 Å². The number of anilines is 1. The quantitative estimate of drug-likeness (QED) is 0.691. The van der Waals surface area contributed by atoms with Crippen molar-refractivity contribution in [1.29, 1.82) is 0 Å². The molecule has 1 aliphatic heterocycles. The molecule has 0 aromatic carbocycles. The number of halogens is 2. The molecule has 2 aliphatic rings. The van der Waals surface area contributed by atoms with E-state index in [1.54, 1.807) is 6.08 Å². The Morgan fingerprint density at radius 1 is 1.26 bits per heavy atom. The van der Waals surface area contributed by atoms with Crippen LogP contribution in [0.4, 0.5) is 10.1 Å². The van der Waals surface area contributed by atoms with E-state index in [1.165, 1.54) is 5.69 Å². The molecule has 2 aromatic heterocycles. The van der Waals surface area contributed by atoms with Crippen LogP contribution in [-0.4, -0.2) is 41.9 Å². The summed E-state index contributed by atoms with van der Waals surface area (Å²) in [6.07, 6.45) is 7.05. The number of imidazole rings is 1. The number of aromatic nitrogens is 2. The van der Waals surface area contributed by atoms with Crippen molar-refractivity contribution in [2.24, 2.45) is 0 Å². The highest BCUT2D eigenvalue weighted by Crippen LogP contribution is 2.28. The van der Waals surface area contributed by atoms with Gasteiger partial charge in [-0.25, -0.2) is 9.37 Å². The van der Waals surface area contributed by atoms with E-state index in [4.69, 9.17) is 9.72 Å². The third-order valence-corrected chi connectivity index (χ3v) is 5.27. The molecular weight excluding hydrogens is 408 g/mol. The number of allylic oxidation sites excluding steroid dienone is 4. The second-order valence-corrected chi connectivity index (χ2v) is 6.76. The third-order valence-electron chi connectivity index (χ3n) is 4.24. The van der Waals surface area contributed by atoms with E-state index in [0.29, 0.717) is 6.42 Å². The lowest BCUT2D eigenvalue weighted by Gasteiger charge is -2.28. The Balaban J connectivity index is 1.72. The molecule has 1 atom stereocenters. The smallest absolute Gasteiger partial charge is 0.138 e. The van der Waals surface area contributed by atoms with E-state index >= 15 is 0 Å². The van der Waals surface area contributed by atoms with Crippen LogP contribution < -0.4 is 4.90 Å². The lowest BCUT2D eigenvalue weighted by atomic mass is 10.0. The third kappa shape index (κ3) is 2.89. The van der Waals surface area contributed by atoms with Gasteiger partial charge in [0.1, 0.15) is 21.2 Å². The van der Waals surface area contributed by atoms with Gasteiger partial charge in [0.05, 0.1) is 18.9 Å². The van der Waals surface area contributed by atoms with Crippen molar-refractivity contribution >= 4 is 39.5 Å². The summed E-state index contributed by atoms with van der Waals surface area (Å²) in [5.74, 6) is 0. The predicted octanol–water partition coefficient (Wildman–Crippen LogP) is 3.46. The number of fused-ring (bicyclic) bond motifs is 1. The number of ether oxygens (including phenoxy) is 1. The van der Waals surface area contributed by atoms with Gasteiger partial charge in [0.25, 0.3) is 0 Å². The minimum absolute atomic E-state index is 0.425. The maximum Gasteiger partial charge on any atom is 0.138 e. The van der Waals surface area contributed by atoms with Crippen LogP contribution in [0.2, 0.25) is 0 Å². The second kappa shape index (κ2) is 6.24. The standard InChI is InChI=1S/C17H17FIN3O/c18-13-3-1-12(2-4-13)16-17(19)22-11-14(5-6-15(22)20-16)21-7-9-23-10-8-21/h1-3,5-6,11,13H,4,7-10H2. The van der Waals surface area contributed by atoms with E-state index in [-0.39, 0.29) is 0 Å². The SMILES string of the molecule is FC1C=CC(c2nc3ccc(N4CCOCC4)cn3c2I)=CC1. The van der Waals surface area contributed by atoms with E-state index in [9.17, 15) is 4.39 Å². The van der Waals surface area contributed by atoms with Crippen LogP contribution in [0.15, 0.2) is 36.6 Å². The number of rotatable bonds is 2. The Morgan fingerprint density at radius 2 is 2.09 bits per heavy atom. The maximum absolute atomic E-state index is 13.3. The van der Waals surface area contributed by atoms with Crippen LogP contribution in [0.25, 0.3) is 11.2 Å². The van der Waals surface area contributed by atoms with Gasteiger partial charge in [0.15, 0.2) is 0 Å². The number of hydrogen-bond acceptors (Lipinski definition) is 3. The first-order chi connectivity index (χ1) is 11.2. The van der Waals surface area contributed by atoms with E-state index in [0.717, 1.165) is 46.9 Å². The minimum atomic E-state index is -0.874. The summed E-state index contributed by atoms with van der Waals surface area (Å²) in [7, 11) is 0. The normalized spacial score (nSPS) is 21.7. The van der Waals surface area contributed by atoms with Gasteiger partial charge in [-0.2, -0.15) is 0 Å². The molecule has 23 heavy (non-hydrogen) atoms. The molecule has 1 aliphatic carbocycles. The monoisotopic (exact) mass is 425 g/mol. The van der Waals surface area contributed by atoms with Crippen LogP contribution in [0, 0.1) is 3.70 Å². The second-order valence-electron chi connectivity index (χ2n) is 5.74. The molecular formula is C17H17FIN3O. The molecule has 120 valence electrons. The summed E-state index contributed by atoms with van der Waals surface area (Å²) in [5.41, 5.74) is 4.02. The van der Waals surface area contributed by atoms with Gasteiger partial charge in [-0.15, -0.1) is 0 Å². The van der Waals surface area contributed by atoms with Gasteiger partial charge in [-0.3, -0.25) is 4.40 Å². The Kier molecular flexibility index (Phi) is 4.11. The molecule has 6 heteroatoms. The topological polar surface area (TPSA) is 29.8 Å². The van der Waals surface area contributed by atoms with E-state index < -0.39 is 6.17 Å². The van der Waals surface area contributed by atoms with E-state index in [1.807, 2.05) is 18.2 Å². The number of alkyl halides is 1. The van der Waals surface area contributed by atoms with Gasteiger partial charge < -0.3 is 9.64 Å². The Hall–Kier alpha value is -1.41. The van der Waals surface area contributed by atoms with Crippen LogP contribution in [-0.2, 0) is 4.74 Å². The molecule has 2 aromatic rings. The maximum atomic E-state index is 13.3. The summed E-state index contributed by atoms with van der Waals surface area (Å²) < 4.78 is 21.8. The lowest BCUT2D eigenvalue weighted by molar-refractivity contribution is 0.122.